The normalized spacial score (nSPS) is 6.22. The fraction of sp³-hybridized carbons (Fsp3) is 0.333. The van der Waals surface area contributed by atoms with Crippen molar-refractivity contribution < 1.29 is 158 Å². The average molecular weight is 368 g/mol. The van der Waals surface area contributed by atoms with Crippen LogP contribution in [0.15, 0.2) is 0 Å². The van der Waals surface area contributed by atoms with Crippen LogP contribution in [0.25, 0.3) is 0 Å². The molecule has 0 spiro atoms. The van der Waals surface area contributed by atoms with Crippen molar-refractivity contribution in [2.24, 2.45) is 0 Å². The van der Waals surface area contributed by atoms with Crippen LogP contribution in [0.2, 0.25) is 0 Å². The first-order valence-electron chi connectivity index (χ1n) is 1.52. The number of carbonyl (C=O) groups is 2. The first-order chi connectivity index (χ1) is 3.13. The Bertz CT molecular complexity index is 90.0. The summed E-state index contributed by atoms with van der Waals surface area (Å²) in [5, 5.41) is 18.6. The molecule has 40 valence electrons. The zero-order chi connectivity index (χ0) is 5.86. The number of carboxylic acids is 2. The topological polar surface area (TPSA) is 80.3 Å². The summed E-state index contributed by atoms with van der Waals surface area (Å²) in [6.45, 7) is 0. The fourth-order valence-corrected chi connectivity index (χ4v) is 0.118. The number of aliphatic carboxylic acids is 2. The Hall–Kier alpha value is 3.04. The molecule has 4 nitrogen and oxygen atoms in total. The second kappa shape index (κ2) is 11.0. The molecule has 0 aliphatic carbocycles. The SMILES string of the molecule is O=C([O-])CC(=O)[O-].[Cs+].[Cs+]. The van der Waals surface area contributed by atoms with E-state index >= 15 is 0 Å². The molecule has 0 fully saturated rings. The minimum Gasteiger partial charge on any atom is -0.550 e. The van der Waals surface area contributed by atoms with E-state index in [1.165, 1.54) is 0 Å². The van der Waals surface area contributed by atoms with Gasteiger partial charge in [-0.3, -0.25) is 0 Å². The molecule has 0 amide bonds. The van der Waals surface area contributed by atoms with E-state index in [1.54, 1.807) is 0 Å². The van der Waals surface area contributed by atoms with E-state index in [0.29, 0.717) is 0 Å². The van der Waals surface area contributed by atoms with Crippen LogP contribution in [0, 0.1) is 0 Å². The van der Waals surface area contributed by atoms with Crippen molar-refractivity contribution in [3.8, 4) is 0 Å². The summed E-state index contributed by atoms with van der Waals surface area (Å²) in [4.78, 5) is 18.6. The van der Waals surface area contributed by atoms with E-state index in [1.807, 2.05) is 0 Å². The summed E-state index contributed by atoms with van der Waals surface area (Å²) in [5.74, 6) is -3.25. The van der Waals surface area contributed by atoms with E-state index in [4.69, 9.17) is 0 Å². The molecule has 9 heavy (non-hydrogen) atoms. The number of hydrogen-bond acceptors (Lipinski definition) is 4. The summed E-state index contributed by atoms with van der Waals surface area (Å²) >= 11 is 0. The first-order valence-corrected chi connectivity index (χ1v) is 1.52. The Labute approximate surface area is 170 Å². The van der Waals surface area contributed by atoms with Gasteiger partial charge in [0, 0.05) is 18.4 Å². The van der Waals surface area contributed by atoms with E-state index in [0.717, 1.165) is 0 Å². The monoisotopic (exact) mass is 368 g/mol. The van der Waals surface area contributed by atoms with Gasteiger partial charge >= 0.3 is 138 Å². The largest absolute Gasteiger partial charge is 1.00 e. The van der Waals surface area contributed by atoms with Crippen molar-refractivity contribution in [1.29, 1.82) is 0 Å². The standard InChI is InChI=1S/C3H4O4.2Cs/c4-2(5)1-3(6)7;;/h1H2,(H,4,5)(H,6,7);;/q;2*+1/p-2. The van der Waals surface area contributed by atoms with Gasteiger partial charge in [0.25, 0.3) is 0 Å². The summed E-state index contributed by atoms with van der Waals surface area (Å²) in [5.41, 5.74) is 0. The van der Waals surface area contributed by atoms with Crippen LogP contribution < -0.4 is 148 Å². The van der Waals surface area contributed by atoms with Gasteiger partial charge in [-0.15, -0.1) is 0 Å². The summed E-state index contributed by atoms with van der Waals surface area (Å²) in [6, 6.07) is 0. The molecule has 0 aromatic heterocycles. The third-order valence-corrected chi connectivity index (χ3v) is 0.289. The molecule has 0 N–H and O–H groups in total. The van der Waals surface area contributed by atoms with Crippen molar-refractivity contribution in [2.75, 3.05) is 0 Å². The number of carbonyl (C=O) groups excluding carboxylic acids is 2. The third kappa shape index (κ3) is 18.2. The molecule has 0 radical (unpaired) electrons. The Balaban J connectivity index is -0.000000180. The van der Waals surface area contributed by atoms with Crippen molar-refractivity contribution in [2.45, 2.75) is 6.42 Å². The summed E-state index contributed by atoms with van der Waals surface area (Å²) in [6.07, 6.45) is -1.03. The van der Waals surface area contributed by atoms with Gasteiger partial charge in [-0.2, -0.15) is 0 Å². The maximum absolute atomic E-state index is 9.28. The molecule has 6 heteroatoms. The molecule has 0 aromatic rings. The molecular formula is C3H2Cs2O4. The van der Waals surface area contributed by atoms with Crippen LogP contribution in [0.3, 0.4) is 0 Å². The van der Waals surface area contributed by atoms with Crippen molar-refractivity contribution >= 4 is 11.9 Å². The van der Waals surface area contributed by atoms with Gasteiger partial charge in [0.05, 0.1) is 0 Å². The summed E-state index contributed by atoms with van der Waals surface area (Å²) < 4.78 is 0. The Morgan fingerprint density at radius 1 is 1.00 bits per heavy atom. The minimum absolute atomic E-state index is 0. The quantitative estimate of drug-likeness (QED) is 0.454. The van der Waals surface area contributed by atoms with E-state index in [-0.39, 0.29) is 138 Å². The van der Waals surface area contributed by atoms with Gasteiger partial charge in [0.2, 0.25) is 0 Å². The Kier molecular flexibility index (Phi) is 22.0. The van der Waals surface area contributed by atoms with Gasteiger partial charge in [0.1, 0.15) is 0 Å². The molecule has 0 saturated heterocycles. The molecular weight excluding hydrogens is 366 g/mol. The second-order valence-electron chi connectivity index (χ2n) is 0.921. The molecule has 0 heterocycles. The summed E-state index contributed by atoms with van der Waals surface area (Å²) in [7, 11) is 0. The Morgan fingerprint density at radius 3 is 1.22 bits per heavy atom. The van der Waals surface area contributed by atoms with E-state index in [2.05, 4.69) is 0 Å². The van der Waals surface area contributed by atoms with Crippen molar-refractivity contribution in [3.63, 3.8) is 0 Å². The molecule has 0 atom stereocenters. The third-order valence-electron chi connectivity index (χ3n) is 0.289. The average Bonchev–Trinajstić information content (AvgIpc) is 1.27. The van der Waals surface area contributed by atoms with Crippen LogP contribution in [-0.4, -0.2) is 11.9 Å². The van der Waals surface area contributed by atoms with Gasteiger partial charge < -0.3 is 19.8 Å². The number of carboxylic acid groups (broad SMARTS) is 2. The van der Waals surface area contributed by atoms with Crippen LogP contribution >= 0.6 is 0 Å². The van der Waals surface area contributed by atoms with E-state index < -0.39 is 18.4 Å². The zero-order valence-corrected chi connectivity index (χ0v) is 17.9. The molecule has 0 aliphatic rings. The predicted molar refractivity (Wildman–Crippen MR) is 14.6 cm³/mol. The molecule has 0 unspecified atom stereocenters. The van der Waals surface area contributed by atoms with Crippen LogP contribution in [0.1, 0.15) is 6.42 Å². The molecule has 0 aromatic carbocycles. The van der Waals surface area contributed by atoms with Gasteiger partial charge in [-0.25, -0.2) is 0 Å². The molecule has 0 bridgehead atoms. The Morgan fingerprint density at radius 2 is 1.22 bits per heavy atom. The van der Waals surface area contributed by atoms with Crippen molar-refractivity contribution in [3.05, 3.63) is 0 Å². The number of hydrogen-bond donors (Lipinski definition) is 0. The maximum atomic E-state index is 9.28. The zero-order valence-electron chi connectivity index (χ0n) is 5.34. The minimum atomic E-state index is -1.63. The molecule has 0 saturated carbocycles. The van der Waals surface area contributed by atoms with Crippen LogP contribution in [0.5, 0.6) is 0 Å². The van der Waals surface area contributed by atoms with Crippen molar-refractivity contribution in [1.82, 2.24) is 0 Å². The van der Waals surface area contributed by atoms with Gasteiger partial charge in [-0.1, -0.05) is 0 Å². The maximum Gasteiger partial charge on any atom is 1.00 e. The molecule has 0 rings (SSSR count). The smallest absolute Gasteiger partial charge is 0.550 e. The number of rotatable bonds is 2. The predicted octanol–water partition coefficient (Wildman–Crippen LogP) is -9.12. The van der Waals surface area contributed by atoms with Gasteiger partial charge in [-0.05, 0) is 0 Å². The van der Waals surface area contributed by atoms with Gasteiger partial charge in [0.15, 0.2) is 0 Å². The van der Waals surface area contributed by atoms with E-state index in [9.17, 15) is 19.8 Å². The second-order valence-corrected chi connectivity index (χ2v) is 0.921. The first kappa shape index (κ1) is 18.0. The fourth-order valence-electron chi connectivity index (χ4n) is 0.118. The van der Waals surface area contributed by atoms with Crippen LogP contribution in [-0.2, 0) is 9.59 Å². The molecule has 0 aliphatic heterocycles. The van der Waals surface area contributed by atoms with Crippen LogP contribution in [0.4, 0.5) is 0 Å².